The van der Waals surface area contributed by atoms with Crippen LogP contribution in [0.5, 0.6) is 0 Å². The first-order chi connectivity index (χ1) is 29.8. The molecule has 12 rings (SSSR count). The average molecular weight is 783 g/mol. The Labute approximate surface area is 353 Å². The van der Waals surface area contributed by atoms with Crippen molar-refractivity contribution in [3.05, 3.63) is 257 Å². The molecular weight excluding hydrogens is 745 g/mol. The predicted molar refractivity (Wildman–Crippen MR) is 252 cm³/mol. The number of thiophene rings is 1. The molecule has 2 heterocycles. The van der Waals surface area contributed by atoms with Crippen LogP contribution < -0.4 is 5.32 Å². The molecule has 1 N–H and O–H groups in total. The van der Waals surface area contributed by atoms with Crippen LogP contribution in [0.4, 0.5) is 5.69 Å². The first-order valence-electron chi connectivity index (χ1n) is 20.7. The number of nitrogens with zero attached hydrogens (tertiary/aromatic N) is 1. The van der Waals surface area contributed by atoms with Crippen LogP contribution in [0.1, 0.15) is 44.4 Å². The van der Waals surface area contributed by atoms with Gasteiger partial charge in [0.05, 0.1) is 21.7 Å². The van der Waals surface area contributed by atoms with Crippen molar-refractivity contribution >= 4 is 43.6 Å². The van der Waals surface area contributed by atoms with Gasteiger partial charge in [0.1, 0.15) is 6.17 Å². The molecule has 1 aromatic heterocycles. The van der Waals surface area contributed by atoms with Gasteiger partial charge in [0.25, 0.3) is 0 Å². The maximum absolute atomic E-state index is 5.39. The maximum Gasteiger partial charge on any atom is 0.145 e. The highest BCUT2D eigenvalue weighted by molar-refractivity contribution is 7.22. The lowest BCUT2D eigenvalue weighted by Crippen LogP contribution is -2.29. The van der Waals surface area contributed by atoms with E-state index in [0.717, 1.165) is 22.5 Å². The fourth-order valence-electron chi connectivity index (χ4n) is 9.92. The van der Waals surface area contributed by atoms with Crippen molar-refractivity contribution in [1.82, 2.24) is 0 Å². The molecule has 3 heteroatoms. The quantitative estimate of drug-likeness (QED) is 0.178. The monoisotopic (exact) mass is 782 g/mol. The highest BCUT2D eigenvalue weighted by atomic mass is 32.1. The van der Waals surface area contributed by atoms with E-state index in [2.05, 4.69) is 224 Å². The van der Waals surface area contributed by atoms with Crippen molar-refractivity contribution in [2.45, 2.75) is 11.6 Å². The third kappa shape index (κ3) is 5.29. The normalized spacial score (nSPS) is 14.9. The lowest BCUT2D eigenvalue weighted by atomic mass is 9.66. The largest absolute Gasteiger partial charge is 0.358 e. The molecule has 1 atom stereocenters. The Kier molecular flexibility index (Phi) is 8.04. The van der Waals surface area contributed by atoms with Crippen LogP contribution in [0.2, 0.25) is 0 Å². The number of benzene rings is 9. The zero-order chi connectivity index (χ0) is 39.6. The summed E-state index contributed by atoms with van der Waals surface area (Å²) >= 11 is 1.81. The number of fused-ring (bicyclic) bond motifs is 8. The summed E-state index contributed by atoms with van der Waals surface area (Å²) in [5.74, 6) is 0. The van der Waals surface area contributed by atoms with Crippen LogP contribution in [0.3, 0.4) is 0 Å². The van der Waals surface area contributed by atoms with Crippen molar-refractivity contribution in [2.24, 2.45) is 4.99 Å². The summed E-state index contributed by atoms with van der Waals surface area (Å²) in [5, 5.41) is 7.60. The molecule has 0 saturated carbocycles. The molecule has 0 saturated heterocycles. The number of rotatable bonds is 6. The molecule has 282 valence electrons. The van der Waals surface area contributed by atoms with Gasteiger partial charge in [-0.05, 0) is 90.2 Å². The molecule has 0 radical (unpaired) electrons. The topological polar surface area (TPSA) is 24.4 Å². The van der Waals surface area contributed by atoms with E-state index in [1.165, 1.54) is 81.4 Å². The summed E-state index contributed by atoms with van der Waals surface area (Å²) in [7, 11) is 0. The highest BCUT2D eigenvalue weighted by Crippen LogP contribution is 2.61. The molecule has 0 fully saturated rings. The number of anilines is 1. The molecule has 0 amide bonds. The Morgan fingerprint density at radius 1 is 0.467 bits per heavy atom. The van der Waals surface area contributed by atoms with Crippen molar-refractivity contribution in [2.75, 3.05) is 5.32 Å². The van der Waals surface area contributed by atoms with Gasteiger partial charge in [0.2, 0.25) is 0 Å². The minimum absolute atomic E-state index is 0.220. The molecule has 10 aromatic rings. The molecule has 60 heavy (non-hydrogen) atoms. The second-order valence-corrected chi connectivity index (χ2v) is 16.9. The van der Waals surface area contributed by atoms with E-state index in [9.17, 15) is 0 Å². The molecule has 0 spiro atoms. The summed E-state index contributed by atoms with van der Waals surface area (Å²) in [6.07, 6.45) is -0.220. The maximum atomic E-state index is 5.39. The van der Waals surface area contributed by atoms with Gasteiger partial charge in [-0.1, -0.05) is 200 Å². The molecule has 2 aliphatic rings. The van der Waals surface area contributed by atoms with E-state index >= 15 is 0 Å². The smallest absolute Gasteiger partial charge is 0.145 e. The first-order valence-corrected chi connectivity index (χ1v) is 21.5. The van der Waals surface area contributed by atoms with Crippen molar-refractivity contribution < 1.29 is 0 Å². The minimum Gasteiger partial charge on any atom is -0.358 e. The van der Waals surface area contributed by atoms with Crippen molar-refractivity contribution in [3.8, 4) is 33.4 Å². The molecule has 2 nitrogen and oxygen atoms in total. The van der Waals surface area contributed by atoms with Crippen molar-refractivity contribution in [1.29, 1.82) is 0 Å². The van der Waals surface area contributed by atoms with Gasteiger partial charge in [-0.25, -0.2) is 0 Å². The van der Waals surface area contributed by atoms with Gasteiger partial charge in [-0.3, -0.25) is 4.99 Å². The Morgan fingerprint density at radius 3 is 1.75 bits per heavy atom. The van der Waals surface area contributed by atoms with Crippen LogP contribution in [0.15, 0.2) is 223 Å². The number of nitrogens with one attached hydrogen (secondary N) is 1. The Balaban J connectivity index is 1.04. The Hall–Kier alpha value is -7.33. The van der Waals surface area contributed by atoms with Gasteiger partial charge in [0.15, 0.2) is 0 Å². The zero-order valence-corrected chi connectivity index (χ0v) is 33.5. The van der Waals surface area contributed by atoms with Gasteiger partial charge in [-0.15, -0.1) is 11.3 Å². The Morgan fingerprint density at radius 2 is 1.05 bits per heavy atom. The van der Waals surface area contributed by atoms with Crippen LogP contribution >= 0.6 is 11.3 Å². The molecule has 1 aliphatic carbocycles. The van der Waals surface area contributed by atoms with E-state index in [1.807, 2.05) is 11.3 Å². The molecule has 9 aromatic carbocycles. The highest BCUT2D eigenvalue weighted by Gasteiger charge is 2.48. The van der Waals surface area contributed by atoms with Crippen LogP contribution in [-0.4, -0.2) is 5.71 Å². The standard InChI is InChI=1S/C57H38N2S/c1-5-17-38(18-6-1)48-35-42-21-13-14-26-45(42)52-51(48)46-34-33-41(36-49(46)57(52,43-22-9-3-10-23-43)44-24-11-4-12-25-44)37-29-31-40(32-30-37)56-58-53(39-19-7-2-8-20-39)55-54(59-56)47-27-15-16-28-50(47)60-55/h1-36,56,59H. The van der Waals surface area contributed by atoms with E-state index in [4.69, 9.17) is 4.99 Å². The van der Waals surface area contributed by atoms with Crippen molar-refractivity contribution in [3.63, 3.8) is 0 Å². The number of hydrogen-bond donors (Lipinski definition) is 1. The summed E-state index contributed by atoms with van der Waals surface area (Å²) < 4.78 is 1.26. The summed E-state index contributed by atoms with van der Waals surface area (Å²) in [6.45, 7) is 0. The fourth-order valence-corrected chi connectivity index (χ4v) is 11.1. The second-order valence-electron chi connectivity index (χ2n) is 15.8. The van der Waals surface area contributed by atoms with Gasteiger partial charge in [0, 0.05) is 15.6 Å². The average Bonchev–Trinajstić information content (AvgIpc) is 3.86. The lowest BCUT2D eigenvalue weighted by molar-refractivity contribution is 0.776. The fraction of sp³-hybridized carbons (Fsp3) is 0.0351. The SMILES string of the molecule is c1ccc(C2=NC(c3ccc(-c4ccc5c(c4)C(c4ccccc4)(c4ccccc4)c4c-5c(-c5ccccc5)cc5ccccc45)cc3)Nc3c2sc2ccccc32)cc1. The minimum atomic E-state index is -0.566. The molecular formula is C57H38N2S. The summed E-state index contributed by atoms with van der Waals surface area (Å²) in [4.78, 5) is 6.58. The molecule has 0 bridgehead atoms. The van der Waals surface area contributed by atoms with E-state index in [0.29, 0.717) is 0 Å². The third-order valence-corrected chi connectivity index (χ3v) is 13.7. The van der Waals surface area contributed by atoms with Gasteiger partial charge in [-0.2, -0.15) is 0 Å². The number of aliphatic imine (C=N–C) groups is 1. The second kappa shape index (κ2) is 13.9. The third-order valence-electron chi connectivity index (χ3n) is 12.6. The van der Waals surface area contributed by atoms with E-state index in [1.54, 1.807) is 0 Å². The summed E-state index contributed by atoms with van der Waals surface area (Å²) in [6, 6.07) is 80.1. The zero-order valence-electron chi connectivity index (χ0n) is 32.7. The van der Waals surface area contributed by atoms with Gasteiger partial charge < -0.3 is 5.32 Å². The van der Waals surface area contributed by atoms with Crippen LogP contribution in [0, 0.1) is 0 Å². The van der Waals surface area contributed by atoms with E-state index in [-0.39, 0.29) is 6.17 Å². The first kappa shape index (κ1) is 34.7. The van der Waals surface area contributed by atoms with Gasteiger partial charge >= 0.3 is 0 Å². The van der Waals surface area contributed by atoms with Crippen LogP contribution in [-0.2, 0) is 5.41 Å². The Bertz CT molecular complexity index is 3220. The van der Waals surface area contributed by atoms with Crippen LogP contribution in [0.25, 0.3) is 54.2 Å². The predicted octanol–water partition coefficient (Wildman–Crippen LogP) is 14.7. The van der Waals surface area contributed by atoms with E-state index < -0.39 is 5.41 Å². The number of hydrogen-bond acceptors (Lipinski definition) is 3. The summed E-state index contributed by atoms with van der Waals surface area (Å²) in [5.41, 5.74) is 16.5. The molecule has 1 aliphatic heterocycles. The lowest BCUT2D eigenvalue weighted by Gasteiger charge is -2.35. The molecule has 1 unspecified atom stereocenters.